The van der Waals surface area contributed by atoms with Crippen LogP contribution in [0.4, 0.5) is 0 Å². The molecule has 2 N–H and O–H groups in total. The van der Waals surface area contributed by atoms with Crippen molar-refractivity contribution in [3.8, 4) is 0 Å². The summed E-state index contributed by atoms with van der Waals surface area (Å²) in [6, 6.07) is 2.05. The first kappa shape index (κ1) is 13.6. The Bertz CT molecular complexity index is 377. The highest BCUT2D eigenvalue weighted by Crippen LogP contribution is 2.31. The van der Waals surface area contributed by atoms with Crippen LogP contribution in [0.15, 0.2) is 12.3 Å². The summed E-state index contributed by atoms with van der Waals surface area (Å²) in [6.45, 7) is 3.45. The molecule has 1 aromatic heterocycles. The lowest BCUT2D eigenvalue weighted by Gasteiger charge is -2.39. The Balaban J connectivity index is 1.85. The van der Waals surface area contributed by atoms with Crippen LogP contribution in [0.25, 0.3) is 0 Å². The van der Waals surface area contributed by atoms with Gasteiger partial charge in [-0.2, -0.15) is 5.10 Å². The van der Waals surface area contributed by atoms with Gasteiger partial charge < -0.3 is 10.4 Å². The summed E-state index contributed by atoms with van der Waals surface area (Å²) >= 11 is 0. The quantitative estimate of drug-likeness (QED) is 0.833. The molecule has 0 amide bonds. The number of aryl methyl sites for hydroxylation is 1. The molecule has 0 spiro atoms. The zero-order chi connectivity index (χ0) is 13.0. The van der Waals surface area contributed by atoms with Gasteiger partial charge in [-0.3, -0.25) is 4.68 Å². The molecule has 0 aliphatic heterocycles. The molecule has 4 heteroatoms. The Labute approximate surface area is 109 Å². The molecule has 2 rings (SSSR count). The Morgan fingerprint density at radius 1 is 1.61 bits per heavy atom. The average molecular weight is 251 g/mol. The minimum atomic E-state index is -0.0454. The maximum absolute atomic E-state index is 9.69. The number of nitrogens with zero attached hydrogens (tertiary/aromatic N) is 2. The molecular formula is C14H25N3O. The first-order chi connectivity index (χ1) is 8.65. The second kappa shape index (κ2) is 5.85. The summed E-state index contributed by atoms with van der Waals surface area (Å²) in [6.07, 6.45) is 7.51. The third-order valence-corrected chi connectivity index (χ3v) is 4.20. The second-order valence-electron chi connectivity index (χ2n) is 5.76. The van der Waals surface area contributed by atoms with Crippen molar-refractivity contribution in [2.45, 2.75) is 44.6 Å². The zero-order valence-corrected chi connectivity index (χ0v) is 11.5. The van der Waals surface area contributed by atoms with Crippen LogP contribution >= 0.6 is 0 Å². The maximum atomic E-state index is 9.69. The summed E-state index contributed by atoms with van der Waals surface area (Å²) in [5, 5.41) is 17.5. The minimum Gasteiger partial charge on any atom is -0.394 e. The molecule has 4 nitrogen and oxygen atoms in total. The SMILES string of the molecule is CC1CCCC(CO)(NCCc2ccnn2C)C1. The van der Waals surface area contributed by atoms with Gasteiger partial charge in [0.2, 0.25) is 0 Å². The molecular weight excluding hydrogens is 226 g/mol. The van der Waals surface area contributed by atoms with E-state index >= 15 is 0 Å². The van der Waals surface area contributed by atoms with E-state index < -0.39 is 0 Å². The van der Waals surface area contributed by atoms with Crippen LogP contribution in [0, 0.1) is 5.92 Å². The summed E-state index contributed by atoms with van der Waals surface area (Å²) in [5.41, 5.74) is 1.19. The highest BCUT2D eigenvalue weighted by molar-refractivity contribution is 5.01. The van der Waals surface area contributed by atoms with Crippen molar-refractivity contribution in [2.75, 3.05) is 13.2 Å². The normalized spacial score (nSPS) is 28.5. The largest absolute Gasteiger partial charge is 0.394 e. The lowest BCUT2D eigenvalue weighted by molar-refractivity contribution is 0.100. The fourth-order valence-corrected chi connectivity index (χ4v) is 3.12. The molecule has 2 unspecified atom stereocenters. The molecule has 1 aliphatic carbocycles. The van der Waals surface area contributed by atoms with Crippen LogP contribution in [0.5, 0.6) is 0 Å². The molecule has 1 aliphatic rings. The fraction of sp³-hybridized carbons (Fsp3) is 0.786. The van der Waals surface area contributed by atoms with Crippen LogP contribution in [0.3, 0.4) is 0 Å². The van der Waals surface area contributed by atoms with Crippen LogP contribution in [-0.2, 0) is 13.5 Å². The Morgan fingerprint density at radius 2 is 2.44 bits per heavy atom. The van der Waals surface area contributed by atoms with E-state index in [0.717, 1.165) is 31.7 Å². The van der Waals surface area contributed by atoms with Gasteiger partial charge in [0.1, 0.15) is 0 Å². The van der Waals surface area contributed by atoms with E-state index in [0.29, 0.717) is 0 Å². The second-order valence-corrected chi connectivity index (χ2v) is 5.76. The van der Waals surface area contributed by atoms with Crippen LogP contribution in [-0.4, -0.2) is 33.6 Å². The van der Waals surface area contributed by atoms with Gasteiger partial charge in [-0.25, -0.2) is 0 Å². The van der Waals surface area contributed by atoms with Crippen molar-refractivity contribution >= 4 is 0 Å². The molecule has 2 atom stereocenters. The molecule has 18 heavy (non-hydrogen) atoms. The van der Waals surface area contributed by atoms with E-state index in [1.54, 1.807) is 0 Å². The van der Waals surface area contributed by atoms with E-state index in [9.17, 15) is 5.11 Å². The van der Waals surface area contributed by atoms with Crippen molar-refractivity contribution in [1.82, 2.24) is 15.1 Å². The maximum Gasteiger partial charge on any atom is 0.0613 e. The molecule has 1 heterocycles. The number of aromatic nitrogens is 2. The van der Waals surface area contributed by atoms with E-state index in [4.69, 9.17) is 0 Å². The number of rotatable bonds is 5. The van der Waals surface area contributed by atoms with Crippen LogP contribution < -0.4 is 5.32 Å². The first-order valence-corrected chi connectivity index (χ1v) is 6.98. The summed E-state index contributed by atoms with van der Waals surface area (Å²) in [7, 11) is 1.97. The van der Waals surface area contributed by atoms with Gasteiger partial charge in [0.25, 0.3) is 0 Å². The molecule has 1 fully saturated rings. The van der Waals surface area contributed by atoms with Gasteiger partial charge in [-0.15, -0.1) is 0 Å². The van der Waals surface area contributed by atoms with E-state index in [1.807, 2.05) is 17.9 Å². The van der Waals surface area contributed by atoms with Gasteiger partial charge in [-0.05, 0) is 24.8 Å². The Morgan fingerprint density at radius 3 is 3.06 bits per heavy atom. The monoisotopic (exact) mass is 251 g/mol. The third kappa shape index (κ3) is 3.12. The molecule has 0 aromatic carbocycles. The molecule has 1 saturated carbocycles. The smallest absolute Gasteiger partial charge is 0.0613 e. The van der Waals surface area contributed by atoms with Gasteiger partial charge in [0, 0.05) is 37.4 Å². The number of nitrogens with one attached hydrogen (secondary N) is 1. The molecule has 102 valence electrons. The zero-order valence-electron chi connectivity index (χ0n) is 11.5. The summed E-state index contributed by atoms with van der Waals surface area (Å²) < 4.78 is 1.91. The average Bonchev–Trinajstić information content (AvgIpc) is 2.75. The van der Waals surface area contributed by atoms with Gasteiger partial charge >= 0.3 is 0 Å². The highest BCUT2D eigenvalue weighted by atomic mass is 16.3. The van der Waals surface area contributed by atoms with Crippen molar-refractivity contribution in [3.05, 3.63) is 18.0 Å². The third-order valence-electron chi connectivity index (χ3n) is 4.20. The Hall–Kier alpha value is -0.870. The van der Waals surface area contributed by atoms with E-state index in [-0.39, 0.29) is 12.1 Å². The fourth-order valence-electron chi connectivity index (χ4n) is 3.12. The molecule has 0 bridgehead atoms. The van der Waals surface area contributed by atoms with Gasteiger partial charge in [-0.1, -0.05) is 19.8 Å². The van der Waals surface area contributed by atoms with E-state index in [1.165, 1.54) is 18.5 Å². The van der Waals surface area contributed by atoms with E-state index in [2.05, 4.69) is 23.4 Å². The van der Waals surface area contributed by atoms with Gasteiger partial charge in [0.05, 0.1) is 6.61 Å². The topological polar surface area (TPSA) is 50.1 Å². The number of aliphatic hydroxyl groups is 1. The summed E-state index contributed by atoms with van der Waals surface area (Å²) in [5.74, 6) is 0.718. The first-order valence-electron chi connectivity index (χ1n) is 6.98. The van der Waals surface area contributed by atoms with Crippen LogP contribution in [0.2, 0.25) is 0 Å². The number of aliphatic hydroxyl groups excluding tert-OH is 1. The lowest BCUT2D eigenvalue weighted by atomic mass is 9.77. The molecule has 1 aromatic rings. The summed E-state index contributed by atoms with van der Waals surface area (Å²) in [4.78, 5) is 0. The van der Waals surface area contributed by atoms with Crippen molar-refractivity contribution in [1.29, 1.82) is 0 Å². The molecule has 0 radical (unpaired) electrons. The van der Waals surface area contributed by atoms with Crippen molar-refractivity contribution in [2.24, 2.45) is 13.0 Å². The standard InChI is InChI=1S/C14H25N3O/c1-12-4-3-7-14(10-12,11-18)15-8-5-13-6-9-16-17(13)2/h6,9,12,15,18H,3-5,7-8,10-11H2,1-2H3. The lowest BCUT2D eigenvalue weighted by Crippen LogP contribution is -2.52. The predicted octanol–water partition coefficient (Wildman–Crippen LogP) is 1.49. The number of hydrogen-bond donors (Lipinski definition) is 2. The van der Waals surface area contributed by atoms with Gasteiger partial charge in [0.15, 0.2) is 0 Å². The molecule has 0 saturated heterocycles. The predicted molar refractivity (Wildman–Crippen MR) is 72.4 cm³/mol. The van der Waals surface area contributed by atoms with Crippen LogP contribution in [0.1, 0.15) is 38.3 Å². The highest BCUT2D eigenvalue weighted by Gasteiger charge is 2.33. The Kier molecular flexibility index (Phi) is 4.40. The number of hydrogen-bond acceptors (Lipinski definition) is 3. The van der Waals surface area contributed by atoms with Crippen molar-refractivity contribution in [3.63, 3.8) is 0 Å². The van der Waals surface area contributed by atoms with Crippen molar-refractivity contribution < 1.29 is 5.11 Å². The minimum absolute atomic E-state index is 0.0454.